The van der Waals surface area contributed by atoms with Crippen LogP contribution >= 0.6 is 31.9 Å². The van der Waals surface area contributed by atoms with E-state index in [-0.39, 0.29) is 16.9 Å². The second-order valence-corrected chi connectivity index (χ2v) is 8.77. The fourth-order valence-electron chi connectivity index (χ4n) is 2.09. The van der Waals surface area contributed by atoms with E-state index in [0.717, 1.165) is 22.9 Å². The highest BCUT2D eigenvalue weighted by Gasteiger charge is 2.42. The fourth-order valence-corrected chi connectivity index (χ4v) is 4.92. The van der Waals surface area contributed by atoms with Gasteiger partial charge >= 0.3 is 0 Å². The Morgan fingerprint density at radius 1 is 1.30 bits per heavy atom. The summed E-state index contributed by atoms with van der Waals surface area (Å²) in [6.45, 7) is 2.38. The first-order chi connectivity index (χ1) is 9.30. The molecule has 4 nitrogen and oxygen atoms in total. The molecule has 1 saturated carbocycles. The summed E-state index contributed by atoms with van der Waals surface area (Å²) in [6.07, 6.45) is 2.58. The molecule has 0 unspecified atom stereocenters. The standard InChI is InChI=1S/C13H17Br2NO3S/c1-9-6-11(15)12(7-10(9)14)20(18,19)16-8-13(2-3-13)4-5-17/h6-7,16-17H,2-5,8H2,1H3. The SMILES string of the molecule is Cc1cc(Br)c(S(=O)(=O)NCC2(CCO)CC2)cc1Br. The predicted octanol–water partition coefficient (Wildman–Crippen LogP) is 2.96. The molecule has 1 aliphatic rings. The Labute approximate surface area is 136 Å². The first kappa shape index (κ1) is 16.4. The minimum atomic E-state index is -3.55. The lowest BCUT2D eigenvalue weighted by atomic mass is 10.0. The van der Waals surface area contributed by atoms with Gasteiger partial charge in [-0.05, 0) is 65.2 Å². The summed E-state index contributed by atoms with van der Waals surface area (Å²) in [6, 6.07) is 3.38. The van der Waals surface area contributed by atoms with Gasteiger partial charge < -0.3 is 5.11 Å². The van der Waals surface area contributed by atoms with Crippen LogP contribution in [0.1, 0.15) is 24.8 Å². The van der Waals surface area contributed by atoms with Crippen LogP contribution in [0.4, 0.5) is 0 Å². The maximum atomic E-state index is 12.4. The Balaban J connectivity index is 2.17. The van der Waals surface area contributed by atoms with Crippen molar-refractivity contribution in [2.75, 3.05) is 13.2 Å². The molecule has 1 aromatic carbocycles. The second-order valence-electron chi connectivity index (χ2n) is 5.33. The second kappa shape index (κ2) is 6.04. The summed E-state index contributed by atoms with van der Waals surface area (Å²) < 4.78 is 28.7. The van der Waals surface area contributed by atoms with E-state index in [4.69, 9.17) is 5.11 Å². The lowest BCUT2D eigenvalue weighted by Gasteiger charge is -2.16. The smallest absolute Gasteiger partial charge is 0.241 e. The topological polar surface area (TPSA) is 66.4 Å². The van der Waals surface area contributed by atoms with Crippen LogP contribution in [0.2, 0.25) is 0 Å². The van der Waals surface area contributed by atoms with Crippen molar-refractivity contribution < 1.29 is 13.5 Å². The van der Waals surface area contributed by atoms with Crippen molar-refractivity contribution in [2.45, 2.75) is 31.1 Å². The summed E-state index contributed by atoms with van der Waals surface area (Å²) in [5.41, 5.74) is 0.922. The van der Waals surface area contributed by atoms with E-state index in [1.54, 1.807) is 12.1 Å². The summed E-state index contributed by atoms with van der Waals surface area (Å²) in [7, 11) is -3.55. The normalized spacial score (nSPS) is 17.2. The molecule has 1 aliphatic carbocycles. The number of halogens is 2. The minimum Gasteiger partial charge on any atom is -0.396 e. The van der Waals surface area contributed by atoms with Gasteiger partial charge in [0.1, 0.15) is 0 Å². The van der Waals surface area contributed by atoms with Gasteiger partial charge in [0.05, 0.1) is 4.90 Å². The first-order valence-corrected chi connectivity index (χ1v) is 9.43. The van der Waals surface area contributed by atoms with E-state index in [2.05, 4.69) is 36.6 Å². The average molecular weight is 427 g/mol. The maximum Gasteiger partial charge on any atom is 0.241 e. The molecule has 0 saturated heterocycles. The number of aryl methyl sites for hydroxylation is 1. The summed E-state index contributed by atoms with van der Waals surface area (Å²) in [5.74, 6) is 0. The molecule has 0 heterocycles. The Bertz CT molecular complexity index is 612. The molecule has 7 heteroatoms. The summed E-state index contributed by atoms with van der Waals surface area (Å²) in [5, 5.41) is 9.01. The van der Waals surface area contributed by atoms with E-state index < -0.39 is 10.0 Å². The van der Waals surface area contributed by atoms with Crippen molar-refractivity contribution in [3.63, 3.8) is 0 Å². The third-order valence-corrected chi connectivity index (χ3v) is 6.95. The Morgan fingerprint density at radius 3 is 2.50 bits per heavy atom. The molecule has 20 heavy (non-hydrogen) atoms. The molecule has 2 rings (SSSR count). The van der Waals surface area contributed by atoms with Crippen LogP contribution in [0.15, 0.2) is 26.0 Å². The van der Waals surface area contributed by atoms with Gasteiger partial charge in [-0.25, -0.2) is 13.1 Å². The molecule has 0 aliphatic heterocycles. The van der Waals surface area contributed by atoms with Crippen molar-refractivity contribution in [1.82, 2.24) is 4.72 Å². The van der Waals surface area contributed by atoms with E-state index in [9.17, 15) is 8.42 Å². The van der Waals surface area contributed by atoms with Crippen LogP contribution in [0.25, 0.3) is 0 Å². The summed E-state index contributed by atoms with van der Waals surface area (Å²) >= 11 is 6.66. The fraction of sp³-hybridized carbons (Fsp3) is 0.538. The molecule has 1 aromatic rings. The van der Waals surface area contributed by atoms with Crippen molar-refractivity contribution >= 4 is 41.9 Å². The minimum absolute atomic E-state index is 0.0454. The molecular formula is C13H17Br2NO3S. The van der Waals surface area contributed by atoms with Gasteiger partial charge in [0.15, 0.2) is 0 Å². The highest BCUT2D eigenvalue weighted by molar-refractivity contribution is 9.11. The molecule has 0 aromatic heterocycles. The molecule has 0 radical (unpaired) electrons. The third-order valence-electron chi connectivity index (χ3n) is 3.74. The number of benzene rings is 1. The zero-order valence-electron chi connectivity index (χ0n) is 11.1. The number of nitrogens with one attached hydrogen (secondary N) is 1. The van der Waals surface area contributed by atoms with Crippen LogP contribution in [0.5, 0.6) is 0 Å². The van der Waals surface area contributed by atoms with Gasteiger partial charge in [-0.1, -0.05) is 15.9 Å². The van der Waals surface area contributed by atoms with Crippen molar-refractivity contribution in [1.29, 1.82) is 0 Å². The van der Waals surface area contributed by atoms with Gasteiger partial charge in [-0.3, -0.25) is 0 Å². The van der Waals surface area contributed by atoms with Crippen molar-refractivity contribution in [3.05, 3.63) is 26.6 Å². The first-order valence-electron chi connectivity index (χ1n) is 6.36. The Hall–Kier alpha value is 0.0500. The van der Waals surface area contributed by atoms with Crippen LogP contribution in [-0.2, 0) is 10.0 Å². The number of sulfonamides is 1. The lowest BCUT2D eigenvalue weighted by Crippen LogP contribution is -2.31. The average Bonchev–Trinajstić information content (AvgIpc) is 3.12. The molecule has 0 atom stereocenters. The van der Waals surface area contributed by atoms with Crippen LogP contribution in [0, 0.1) is 12.3 Å². The monoisotopic (exact) mass is 425 g/mol. The number of aliphatic hydroxyl groups excluding tert-OH is 1. The van der Waals surface area contributed by atoms with E-state index >= 15 is 0 Å². The maximum absolute atomic E-state index is 12.4. The molecule has 0 bridgehead atoms. The van der Waals surface area contributed by atoms with Crippen LogP contribution < -0.4 is 4.72 Å². The molecule has 0 amide bonds. The predicted molar refractivity (Wildman–Crippen MR) is 85.1 cm³/mol. The third kappa shape index (κ3) is 3.62. The zero-order valence-corrected chi connectivity index (χ0v) is 15.1. The highest BCUT2D eigenvalue weighted by Crippen LogP contribution is 2.48. The van der Waals surface area contributed by atoms with E-state index in [0.29, 0.717) is 17.4 Å². The molecule has 0 spiro atoms. The van der Waals surface area contributed by atoms with Gasteiger partial charge in [0, 0.05) is 22.1 Å². The van der Waals surface area contributed by atoms with Crippen molar-refractivity contribution in [2.24, 2.45) is 5.41 Å². The Kier molecular flexibility index (Phi) is 4.96. The van der Waals surface area contributed by atoms with Gasteiger partial charge in [-0.15, -0.1) is 0 Å². The lowest BCUT2D eigenvalue weighted by molar-refractivity contribution is 0.249. The quantitative estimate of drug-likeness (QED) is 0.734. The van der Waals surface area contributed by atoms with Crippen LogP contribution in [-0.4, -0.2) is 26.7 Å². The van der Waals surface area contributed by atoms with Crippen LogP contribution in [0.3, 0.4) is 0 Å². The van der Waals surface area contributed by atoms with E-state index in [1.165, 1.54) is 0 Å². The molecule has 2 N–H and O–H groups in total. The largest absolute Gasteiger partial charge is 0.396 e. The van der Waals surface area contributed by atoms with Gasteiger partial charge in [0.2, 0.25) is 10.0 Å². The van der Waals surface area contributed by atoms with E-state index in [1.807, 2.05) is 6.92 Å². The Morgan fingerprint density at radius 2 is 1.95 bits per heavy atom. The number of aliphatic hydroxyl groups is 1. The zero-order chi connectivity index (χ0) is 15.0. The van der Waals surface area contributed by atoms with Gasteiger partial charge in [0.25, 0.3) is 0 Å². The molecule has 112 valence electrons. The summed E-state index contributed by atoms with van der Waals surface area (Å²) in [4.78, 5) is 0.231. The number of hydrogen-bond donors (Lipinski definition) is 2. The van der Waals surface area contributed by atoms with Gasteiger partial charge in [-0.2, -0.15) is 0 Å². The molecular weight excluding hydrogens is 410 g/mol. The molecule has 1 fully saturated rings. The van der Waals surface area contributed by atoms with Crippen molar-refractivity contribution in [3.8, 4) is 0 Å². The highest BCUT2D eigenvalue weighted by atomic mass is 79.9. The number of hydrogen-bond acceptors (Lipinski definition) is 3. The number of rotatable bonds is 6.